The Morgan fingerprint density at radius 3 is 2.18 bits per heavy atom. The van der Waals surface area contributed by atoms with Gasteiger partial charge in [-0.15, -0.1) is 0 Å². The second kappa shape index (κ2) is 15.0. The van der Waals surface area contributed by atoms with Crippen molar-refractivity contribution in [1.29, 1.82) is 0 Å². The van der Waals surface area contributed by atoms with Gasteiger partial charge in [0, 0.05) is 73.6 Å². The number of benzene rings is 1. The second-order valence-electron chi connectivity index (χ2n) is 14.8. The first-order valence-corrected chi connectivity index (χ1v) is 17.1. The van der Waals surface area contributed by atoms with Crippen LogP contribution in [0.2, 0.25) is 0 Å². The predicted octanol–water partition coefficient (Wildman–Crippen LogP) is 4.88. The van der Waals surface area contributed by atoms with Crippen LogP contribution in [-0.2, 0) is 19.7 Å². The number of ether oxygens (including phenoxy) is 1. The number of carbonyl (C=O) groups is 2. The zero-order chi connectivity index (χ0) is 36.2. The molecule has 0 atom stereocenters. The molecular weight excluding hydrogens is 630 g/mol. The van der Waals surface area contributed by atoms with Crippen molar-refractivity contribution < 1.29 is 14.3 Å². The quantitative estimate of drug-likeness (QED) is 0.239. The Balaban J connectivity index is 0.000000430. The molecule has 50 heavy (non-hydrogen) atoms. The lowest BCUT2D eigenvalue weighted by molar-refractivity contribution is -0.138. The van der Waals surface area contributed by atoms with E-state index in [1.807, 2.05) is 27.0 Å². The van der Waals surface area contributed by atoms with Crippen LogP contribution < -0.4 is 11.5 Å². The fourth-order valence-electron chi connectivity index (χ4n) is 6.88. The van der Waals surface area contributed by atoms with Crippen LogP contribution in [0.4, 0.5) is 5.82 Å². The van der Waals surface area contributed by atoms with Crippen molar-refractivity contribution >= 4 is 30.0 Å². The highest BCUT2D eigenvalue weighted by molar-refractivity contribution is 5.83. The third kappa shape index (κ3) is 8.14. The summed E-state index contributed by atoms with van der Waals surface area (Å²) < 4.78 is 8.86. The molecule has 1 aromatic carbocycles. The number of primary amides is 1. The van der Waals surface area contributed by atoms with E-state index in [4.69, 9.17) is 20.5 Å². The van der Waals surface area contributed by atoms with Crippen LogP contribution in [-0.4, -0.2) is 91.8 Å². The minimum atomic E-state index is -0.318. The number of aromatic nitrogens is 5. The van der Waals surface area contributed by atoms with Crippen LogP contribution in [0.3, 0.4) is 0 Å². The number of hydrogen-bond donors (Lipinski definition) is 2. The maximum absolute atomic E-state index is 9.60. The number of rotatable bonds is 6. The highest BCUT2D eigenvalue weighted by Crippen LogP contribution is 2.48. The van der Waals surface area contributed by atoms with Gasteiger partial charge >= 0.3 is 0 Å². The summed E-state index contributed by atoms with van der Waals surface area (Å²) in [7, 11) is 2.22. The maximum atomic E-state index is 9.60. The smallest absolute Gasteiger partial charge is 0.293 e. The van der Waals surface area contributed by atoms with Crippen molar-refractivity contribution in [2.45, 2.75) is 65.4 Å². The van der Waals surface area contributed by atoms with Crippen molar-refractivity contribution in [2.24, 2.45) is 11.7 Å². The Hall–Kier alpha value is -4.81. The van der Waals surface area contributed by atoms with Crippen molar-refractivity contribution in [3.8, 4) is 22.5 Å². The van der Waals surface area contributed by atoms with Gasteiger partial charge in [-0.1, -0.05) is 36.8 Å². The number of carbonyl (C=O) groups excluding carboxylic acids is 2. The fraction of sp³-hybridized carbons (Fsp3) is 0.447. The summed E-state index contributed by atoms with van der Waals surface area (Å²) in [5, 5.41) is 0. The Kier molecular flexibility index (Phi) is 10.9. The lowest BCUT2D eigenvalue weighted by atomic mass is 9.61. The molecular formula is C38H51N9O3. The van der Waals surface area contributed by atoms with Crippen molar-refractivity contribution in [1.82, 2.24) is 33.6 Å². The number of nitrogens with two attached hydrogens (primary N) is 2. The molecule has 4 aromatic heterocycles. The summed E-state index contributed by atoms with van der Waals surface area (Å²) >= 11 is 0. The number of nitrogen functional groups attached to an aromatic ring is 1. The largest absolute Gasteiger partial charge is 0.462 e. The molecule has 1 aliphatic carbocycles. The van der Waals surface area contributed by atoms with Gasteiger partial charge in [0.15, 0.2) is 11.5 Å². The first-order chi connectivity index (χ1) is 23.7. The van der Waals surface area contributed by atoms with E-state index in [9.17, 15) is 4.79 Å². The van der Waals surface area contributed by atoms with Gasteiger partial charge in [-0.05, 0) is 72.6 Å². The molecule has 5 heterocycles. The van der Waals surface area contributed by atoms with Gasteiger partial charge in [-0.3, -0.25) is 14.0 Å². The molecule has 1 amide bonds. The molecule has 12 nitrogen and oxygen atoms in total. The summed E-state index contributed by atoms with van der Waals surface area (Å²) in [6, 6.07) is 12.7. The molecule has 1 aliphatic heterocycles. The van der Waals surface area contributed by atoms with Crippen molar-refractivity contribution in [2.75, 3.05) is 45.5 Å². The Labute approximate surface area is 294 Å². The number of fused-ring (bicyclic) bond motifs is 2. The SMILES string of the molecule is CC(C)(C)OC=O.Cc1ccc(-c2nc(N)c3nc(C4(C)CC(CN5CCN(C)CC5)C4)cn3c2-c2ccc3ncc(C)n3c2)cc1.NC=O. The third-order valence-electron chi connectivity index (χ3n) is 9.53. The van der Waals surface area contributed by atoms with E-state index in [1.54, 1.807) is 0 Å². The van der Waals surface area contributed by atoms with E-state index in [0.717, 1.165) is 58.0 Å². The van der Waals surface area contributed by atoms with Crippen LogP contribution in [0, 0.1) is 19.8 Å². The molecule has 5 aromatic rings. The summed E-state index contributed by atoms with van der Waals surface area (Å²) in [4.78, 5) is 37.9. The zero-order valence-electron chi connectivity index (χ0n) is 30.4. The molecule has 0 radical (unpaired) electrons. The number of amides is 1. The number of pyridine rings is 1. The summed E-state index contributed by atoms with van der Waals surface area (Å²) in [6.45, 7) is 18.3. The van der Waals surface area contributed by atoms with Crippen LogP contribution >= 0.6 is 0 Å². The third-order valence-corrected chi connectivity index (χ3v) is 9.53. The topological polar surface area (TPSA) is 149 Å². The van der Waals surface area contributed by atoms with Crippen molar-refractivity contribution in [3.05, 3.63) is 71.9 Å². The van der Waals surface area contributed by atoms with E-state index in [0.29, 0.717) is 18.2 Å². The van der Waals surface area contributed by atoms with Gasteiger partial charge in [0.2, 0.25) is 6.41 Å². The van der Waals surface area contributed by atoms with E-state index in [2.05, 4.69) is 111 Å². The van der Waals surface area contributed by atoms with Gasteiger partial charge < -0.3 is 30.4 Å². The molecule has 0 spiro atoms. The lowest BCUT2D eigenvalue weighted by Gasteiger charge is -2.47. The van der Waals surface area contributed by atoms with Crippen LogP contribution in [0.5, 0.6) is 0 Å². The zero-order valence-corrected chi connectivity index (χ0v) is 30.4. The molecule has 266 valence electrons. The first-order valence-electron chi connectivity index (χ1n) is 17.1. The molecule has 7 rings (SSSR count). The van der Waals surface area contributed by atoms with E-state index < -0.39 is 0 Å². The van der Waals surface area contributed by atoms with E-state index >= 15 is 0 Å². The molecule has 2 aliphatic rings. The first kappa shape index (κ1) is 36.5. The van der Waals surface area contributed by atoms with E-state index in [-0.39, 0.29) is 17.4 Å². The molecule has 2 fully saturated rings. The van der Waals surface area contributed by atoms with Gasteiger partial charge in [-0.25, -0.2) is 15.0 Å². The normalized spacial score (nSPS) is 19.5. The second-order valence-corrected chi connectivity index (χ2v) is 14.8. The molecule has 0 unspecified atom stereocenters. The molecule has 1 saturated heterocycles. The number of aryl methyl sites for hydroxylation is 2. The van der Waals surface area contributed by atoms with Crippen LogP contribution in [0.15, 0.2) is 55.0 Å². The molecule has 1 saturated carbocycles. The minimum Gasteiger partial charge on any atom is -0.462 e. The lowest BCUT2D eigenvalue weighted by Crippen LogP contribution is -2.50. The summed E-state index contributed by atoms with van der Waals surface area (Å²) in [5.74, 6) is 1.17. The fourth-order valence-corrected chi connectivity index (χ4v) is 6.88. The van der Waals surface area contributed by atoms with Crippen LogP contribution in [0.25, 0.3) is 33.8 Å². The number of imidazole rings is 2. The predicted molar refractivity (Wildman–Crippen MR) is 198 cm³/mol. The number of anilines is 1. The average molecular weight is 682 g/mol. The van der Waals surface area contributed by atoms with Gasteiger partial charge in [0.05, 0.1) is 17.1 Å². The number of piperazine rings is 1. The number of hydrogen-bond acceptors (Lipinski definition) is 9. The monoisotopic (exact) mass is 681 g/mol. The van der Waals surface area contributed by atoms with Crippen LogP contribution in [0.1, 0.15) is 57.5 Å². The average Bonchev–Trinajstić information content (AvgIpc) is 3.66. The number of likely N-dealkylation sites (N-methyl/N-ethyl adjacent to an activating group) is 1. The van der Waals surface area contributed by atoms with E-state index in [1.165, 1.54) is 38.3 Å². The Morgan fingerprint density at radius 2 is 1.58 bits per heavy atom. The highest BCUT2D eigenvalue weighted by Gasteiger charge is 2.44. The van der Waals surface area contributed by atoms with Gasteiger partial charge in [0.1, 0.15) is 11.2 Å². The highest BCUT2D eigenvalue weighted by atomic mass is 16.5. The summed E-state index contributed by atoms with van der Waals surface area (Å²) in [5.41, 5.74) is 19.5. The minimum absolute atomic E-state index is 0.0435. The Bertz CT molecular complexity index is 1930. The maximum Gasteiger partial charge on any atom is 0.293 e. The Morgan fingerprint density at radius 1 is 0.940 bits per heavy atom. The van der Waals surface area contributed by atoms with Crippen molar-refractivity contribution in [3.63, 3.8) is 0 Å². The van der Waals surface area contributed by atoms with Gasteiger partial charge in [-0.2, -0.15) is 0 Å². The molecule has 12 heteroatoms. The summed E-state index contributed by atoms with van der Waals surface area (Å²) in [6.07, 6.45) is 8.83. The molecule has 0 bridgehead atoms. The van der Waals surface area contributed by atoms with Gasteiger partial charge in [0.25, 0.3) is 6.47 Å². The standard InChI is InChI=1S/C32H38N8.C5H10O2.CH3NO/c1-21-5-7-24(8-6-21)28-29(25-9-10-27-34-17-22(2)39(27)19-25)40-20-26(35-31(40)30(33)36-28)32(3)15-23(16-32)18-38-13-11-37(4)12-14-38;1-5(2,3)7-4-6;2-1-3/h5-10,17,19-20,23H,11-16,18H2,1-4H3,(H2,33,36);4H,1-3H3;1H,(H2,2,3). The molecule has 4 N–H and O–H groups in total. The number of nitrogens with zero attached hydrogens (tertiary/aromatic N) is 7.